The molecule has 0 amide bonds. The third kappa shape index (κ3) is 3.96. The molecule has 0 spiro atoms. The zero-order valence-electron chi connectivity index (χ0n) is 26.6. The summed E-state index contributed by atoms with van der Waals surface area (Å²) in [5, 5.41) is 0. The van der Waals surface area contributed by atoms with E-state index in [9.17, 15) is 0 Å². The SMILES string of the molecule is CC1(C)c2ccccc2-c2c(-c3ccccc3-c3ccc4c(c3)C(c3ccccc3)(c3ccccc3)c3ccccc3O4)cccc21. The van der Waals surface area contributed by atoms with E-state index >= 15 is 0 Å². The Morgan fingerprint density at radius 2 is 0.915 bits per heavy atom. The summed E-state index contributed by atoms with van der Waals surface area (Å²) in [6.45, 7) is 4.70. The van der Waals surface area contributed by atoms with Crippen molar-refractivity contribution in [2.75, 3.05) is 0 Å². The third-order valence-corrected chi connectivity index (χ3v) is 10.4. The van der Waals surface area contributed by atoms with E-state index in [1.165, 1.54) is 55.6 Å². The zero-order valence-corrected chi connectivity index (χ0v) is 26.6. The molecule has 1 aliphatic heterocycles. The summed E-state index contributed by atoms with van der Waals surface area (Å²) in [6, 6.07) is 61.7. The minimum atomic E-state index is -0.561. The van der Waals surface area contributed by atoms with Gasteiger partial charge in [-0.05, 0) is 73.8 Å². The van der Waals surface area contributed by atoms with Crippen LogP contribution in [0.2, 0.25) is 0 Å². The summed E-state index contributed by atoms with van der Waals surface area (Å²) in [6.07, 6.45) is 0. The average molecular weight is 603 g/mol. The molecule has 9 rings (SSSR count). The highest BCUT2D eigenvalue weighted by atomic mass is 16.5. The molecule has 1 aliphatic carbocycles. The molecule has 0 saturated heterocycles. The Kier molecular flexibility index (Phi) is 6.14. The van der Waals surface area contributed by atoms with Crippen LogP contribution >= 0.6 is 0 Å². The Morgan fingerprint density at radius 3 is 1.64 bits per heavy atom. The normalized spacial score (nSPS) is 14.7. The van der Waals surface area contributed by atoms with Gasteiger partial charge in [-0.15, -0.1) is 0 Å². The van der Waals surface area contributed by atoms with Gasteiger partial charge >= 0.3 is 0 Å². The lowest BCUT2D eigenvalue weighted by atomic mass is 9.63. The van der Waals surface area contributed by atoms with Crippen LogP contribution < -0.4 is 4.74 Å². The van der Waals surface area contributed by atoms with Gasteiger partial charge in [0.2, 0.25) is 0 Å². The molecule has 0 radical (unpaired) electrons. The molecule has 0 fully saturated rings. The van der Waals surface area contributed by atoms with Gasteiger partial charge in [-0.1, -0.05) is 166 Å². The van der Waals surface area contributed by atoms with E-state index in [1.54, 1.807) is 0 Å². The van der Waals surface area contributed by atoms with E-state index in [2.05, 4.69) is 184 Å². The third-order valence-electron chi connectivity index (χ3n) is 10.4. The van der Waals surface area contributed by atoms with Gasteiger partial charge in [0.25, 0.3) is 0 Å². The highest BCUT2D eigenvalue weighted by Crippen LogP contribution is 2.57. The van der Waals surface area contributed by atoms with Crippen molar-refractivity contribution in [2.24, 2.45) is 0 Å². The van der Waals surface area contributed by atoms with Gasteiger partial charge in [0, 0.05) is 16.5 Å². The number of rotatable bonds is 4. The number of hydrogen-bond donors (Lipinski definition) is 0. The maximum Gasteiger partial charge on any atom is 0.132 e. The quantitative estimate of drug-likeness (QED) is 0.195. The van der Waals surface area contributed by atoms with Gasteiger partial charge in [0.1, 0.15) is 11.5 Å². The Hall–Kier alpha value is -5.66. The van der Waals surface area contributed by atoms with Gasteiger partial charge < -0.3 is 4.74 Å². The Bertz CT molecular complexity index is 2260. The molecule has 0 saturated carbocycles. The van der Waals surface area contributed by atoms with Crippen molar-refractivity contribution in [3.63, 3.8) is 0 Å². The second kappa shape index (κ2) is 10.4. The fourth-order valence-electron chi connectivity index (χ4n) is 8.32. The summed E-state index contributed by atoms with van der Waals surface area (Å²) in [5.74, 6) is 1.77. The zero-order chi connectivity index (χ0) is 31.6. The van der Waals surface area contributed by atoms with Crippen molar-refractivity contribution in [2.45, 2.75) is 24.7 Å². The first-order valence-corrected chi connectivity index (χ1v) is 16.4. The summed E-state index contributed by atoms with van der Waals surface area (Å²) in [5.41, 5.74) is 14.4. The topological polar surface area (TPSA) is 9.23 Å². The van der Waals surface area contributed by atoms with E-state index in [1.807, 2.05) is 0 Å². The standard InChI is InChI=1S/C46H34O/c1-45(2)38-24-12-11-22-37(38)44-36(23-15-26-40(44)45)35-21-10-9-20-34(35)31-28-29-43-41(30-31)46(32-16-5-3-6-17-32,33-18-7-4-8-19-33)39-25-13-14-27-42(39)47-43/h3-30H,1-2H3. The van der Waals surface area contributed by atoms with E-state index in [0.717, 1.165) is 22.6 Å². The second-order valence-corrected chi connectivity index (χ2v) is 13.2. The van der Waals surface area contributed by atoms with Crippen LogP contribution in [-0.2, 0) is 10.8 Å². The summed E-state index contributed by atoms with van der Waals surface area (Å²) >= 11 is 0. The summed E-state index contributed by atoms with van der Waals surface area (Å²) in [4.78, 5) is 0. The van der Waals surface area contributed by atoms with Gasteiger partial charge in [0.15, 0.2) is 0 Å². The van der Waals surface area contributed by atoms with Crippen LogP contribution in [0.4, 0.5) is 0 Å². The van der Waals surface area contributed by atoms with Crippen molar-refractivity contribution < 1.29 is 4.74 Å². The van der Waals surface area contributed by atoms with Crippen LogP contribution in [0.25, 0.3) is 33.4 Å². The van der Waals surface area contributed by atoms with Gasteiger partial charge in [0.05, 0.1) is 5.41 Å². The smallest absolute Gasteiger partial charge is 0.132 e. The molecule has 7 aromatic rings. The van der Waals surface area contributed by atoms with Crippen LogP contribution in [0.3, 0.4) is 0 Å². The molecule has 1 heterocycles. The van der Waals surface area contributed by atoms with Gasteiger partial charge in [-0.3, -0.25) is 0 Å². The molecular weight excluding hydrogens is 569 g/mol. The molecule has 7 aromatic carbocycles. The Labute approximate surface area is 276 Å². The Balaban J connectivity index is 1.31. The van der Waals surface area contributed by atoms with E-state index < -0.39 is 5.41 Å². The predicted octanol–water partition coefficient (Wildman–Crippen LogP) is 11.8. The largest absolute Gasteiger partial charge is 0.457 e. The van der Waals surface area contributed by atoms with Gasteiger partial charge in [-0.2, -0.15) is 0 Å². The van der Waals surface area contributed by atoms with Crippen LogP contribution in [-0.4, -0.2) is 0 Å². The first-order chi connectivity index (χ1) is 23.1. The molecule has 0 bridgehead atoms. The lowest BCUT2D eigenvalue weighted by Gasteiger charge is -2.41. The monoisotopic (exact) mass is 602 g/mol. The minimum Gasteiger partial charge on any atom is -0.457 e. The first kappa shape index (κ1) is 27.6. The van der Waals surface area contributed by atoms with E-state index in [4.69, 9.17) is 4.74 Å². The molecule has 0 unspecified atom stereocenters. The highest BCUT2D eigenvalue weighted by molar-refractivity contribution is 5.97. The Morgan fingerprint density at radius 1 is 0.383 bits per heavy atom. The predicted molar refractivity (Wildman–Crippen MR) is 193 cm³/mol. The first-order valence-electron chi connectivity index (χ1n) is 16.4. The molecule has 0 N–H and O–H groups in total. The molecule has 47 heavy (non-hydrogen) atoms. The molecule has 0 aromatic heterocycles. The molecular formula is C46H34O. The fraction of sp³-hybridized carbons (Fsp3) is 0.0870. The fourth-order valence-corrected chi connectivity index (χ4v) is 8.32. The summed E-state index contributed by atoms with van der Waals surface area (Å²) < 4.78 is 6.70. The lowest BCUT2D eigenvalue weighted by Crippen LogP contribution is -2.34. The van der Waals surface area contributed by atoms with Crippen molar-refractivity contribution in [1.29, 1.82) is 0 Å². The lowest BCUT2D eigenvalue weighted by molar-refractivity contribution is 0.434. The molecule has 1 nitrogen and oxygen atoms in total. The van der Waals surface area contributed by atoms with E-state index in [-0.39, 0.29) is 5.41 Å². The molecule has 1 heteroatoms. The number of benzene rings is 7. The number of ether oxygens (including phenoxy) is 1. The maximum atomic E-state index is 6.70. The van der Waals surface area contributed by atoms with Crippen molar-refractivity contribution in [3.05, 3.63) is 203 Å². The minimum absolute atomic E-state index is 0.0571. The van der Waals surface area contributed by atoms with Crippen molar-refractivity contribution in [3.8, 4) is 44.9 Å². The number of hydrogen-bond acceptors (Lipinski definition) is 1. The van der Waals surface area contributed by atoms with E-state index in [0.29, 0.717) is 0 Å². The van der Waals surface area contributed by atoms with Crippen LogP contribution in [0.15, 0.2) is 170 Å². The van der Waals surface area contributed by atoms with Crippen molar-refractivity contribution >= 4 is 0 Å². The number of fused-ring (bicyclic) bond motifs is 5. The van der Waals surface area contributed by atoms with Crippen LogP contribution in [0.5, 0.6) is 11.5 Å². The number of para-hydroxylation sites is 1. The second-order valence-electron chi connectivity index (χ2n) is 13.2. The molecule has 0 atom stereocenters. The van der Waals surface area contributed by atoms with Crippen LogP contribution in [0, 0.1) is 0 Å². The molecule has 224 valence electrons. The average Bonchev–Trinajstić information content (AvgIpc) is 3.37. The van der Waals surface area contributed by atoms with Gasteiger partial charge in [-0.25, -0.2) is 0 Å². The summed E-state index contributed by atoms with van der Waals surface area (Å²) in [7, 11) is 0. The van der Waals surface area contributed by atoms with Crippen LogP contribution in [0.1, 0.15) is 47.2 Å². The highest BCUT2D eigenvalue weighted by Gasteiger charge is 2.45. The molecule has 2 aliphatic rings. The van der Waals surface area contributed by atoms with Crippen molar-refractivity contribution in [1.82, 2.24) is 0 Å². The maximum absolute atomic E-state index is 6.70.